The minimum atomic E-state index is -2.95. The second-order valence-corrected chi connectivity index (χ2v) is 8.45. The highest BCUT2D eigenvalue weighted by Crippen LogP contribution is 2.28. The van der Waals surface area contributed by atoms with Crippen LogP contribution in [-0.2, 0) is 11.3 Å². The summed E-state index contributed by atoms with van der Waals surface area (Å²) in [6, 6.07) is 8.94. The van der Waals surface area contributed by atoms with Crippen LogP contribution in [0, 0.1) is 6.92 Å². The number of aliphatic imine (C=N–C) groups is 1. The summed E-state index contributed by atoms with van der Waals surface area (Å²) in [5.74, 6) is -0.431. The molecule has 2 amide bonds. The molecule has 0 spiro atoms. The number of carbonyl (C=O) groups is 2. The average Bonchev–Trinajstić information content (AvgIpc) is 2.85. The molecule has 36 heavy (non-hydrogen) atoms. The molecule has 11 heteroatoms. The third kappa shape index (κ3) is 7.00. The summed E-state index contributed by atoms with van der Waals surface area (Å²) < 4.78 is 32.1. The second-order valence-electron chi connectivity index (χ2n) is 8.45. The number of nitrogens with two attached hydrogens (primary N) is 1. The number of allylic oxidation sites excluding steroid dienone is 1. The second kappa shape index (κ2) is 12.1. The van der Waals surface area contributed by atoms with Crippen molar-refractivity contribution in [3.05, 3.63) is 65.1 Å². The van der Waals surface area contributed by atoms with Crippen LogP contribution in [0.1, 0.15) is 46.9 Å². The number of aryl methyl sites for hydroxylation is 1. The Hall–Kier alpha value is -4.02. The van der Waals surface area contributed by atoms with Gasteiger partial charge in [0.05, 0.1) is 11.6 Å². The van der Waals surface area contributed by atoms with E-state index in [0.717, 1.165) is 29.7 Å². The molecule has 1 saturated heterocycles. The van der Waals surface area contributed by atoms with Crippen molar-refractivity contribution in [3.8, 4) is 5.75 Å². The molecule has 1 aliphatic heterocycles. The predicted molar refractivity (Wildman–Crippen MR) is 129 cm³/mol. The maximum atomic E-state index is 12.9. The van der Waals surface area contributed by atoms with Gasteiger partial charge in [-0.3, -0.25) is 14.8 Å². The van der Waals surface area contributed by atoms with Gasteiger partial charge in [0.1, 0.15) is 11.9 Å². The minimum Gasteiger partial charge on any atom is -0.489 e. The number of benzene rings is 1. The molecule has 9 nitrogen and oxygen atoms in total. The van der Waals surface area contributed by atoms with Crippen LogP contribution in [0.3, 0.4) is 0 Å². The molecular weight excluding hydrogens is 472 g/mol. The Bertz CT molecular complexity index is 1140. The van der Waals surface area contributed by atoms with Crippen LogP contribution in [0.5, 0.6) is 5.75 Å². The molecule has 1 fully saturated rings. The topological polar surface area (TPSA) is 121 Å². The Morgan fingerprint density at radius 3 is 2.56 bits per heavy atom. The molecule has 3 rings (SSSR count). The number of piperidine rings is 1. The van der Waals surface area contributed by atoms with E-state index >= 15 is 0 Å². The number of rotatable bonds is 8. The molecule has 1 aromatic carbocycles. The zero-order valence-electron chi connectivity index (χ0n) is 20.2. The number of nitrogens with zero attached hydrogens (tertiary/aromatic N) is 3. The summed E-state index contributed by atoms with van der Waals surface area (Å²) in [4.78, 5) is 29.3. The molecule has 0 radical (unpaired) electrons. The van der Waals surface area contributed by atoms with E-state index in [9.17, 15) is 23.6 Å². The molecule has 0 atom stereocenters. The highest BCUT2D eigenvalue weighted by atomic mass is 19.3. The standard InChI is InChI=1S/C25H29F2N5O4/c1-16-3-5-18(6-4-16)13-29-24(34)22-11-23(36-20-7-9-31(10-8-20)17(2)33)21(15-32(22)35)19(12-28)14-30-25(26)27/h3-6,11-12,14-15,20,25H,7-10,13H2,1-2H3,(H3-,28,29,30,34,35)/p+1. The van der Waals surface area contributed by atoms with Gasteiger partial charge in [-0.1, -0.05) is 29.8 Å². The molecule has 2 aromatic rings. The number of halogens is 2. The van der Waals surface area contributed by atoms with Gasteiger partial charge in [0.15, 0.2) is 0 Å². The average molecular weight is 503 g/mol. The van der Waals surface area contributed by atoms with Crippen LogP contribution in [0.4, 0.5) is 8.78 Å². The van der Waals surface area contributed by atoms with Crippen molar-refractivity contribution in [2.24, 2.45) is 10.7 Å². The smallest absolute Gasteiger partial charge is 0.331 e. The van der Waals surface area contributed by atoms with Crippen LogP contribution in [0.15, 0.2) is 47.7 Å². The highest BCUT2D eigenvalue weighted by Gasteiger charge is 2.29. The van der Waals surface area contributed by atoms with Gasteiger partial charge >= 0.3 is 18.2 Å². The third-order valence-electron chi connectivity index (χ3n) is 5.84. The van der Waals surface area contributed by atoms with Gasteiger partial charge in [0, 0.05) is 62.1 Å². The molecule has 0 unspecified atom stereocenters. The van der Waals surface area contributed by atoms with Gasteiger partial charge in [-0.25, -0.2) is 4.99 Å². The Morgan fingerprint density at radius 1 is 1.31 bits per heavy atom. The lowest BCUT2D eigenvalue weighted by atomic mass is 10.1. The first-order valence-electron chi connectivity index (χ1n) is 11.5. The molecule has 0 aliphatic carbocycles. The number of carbonyl (C=O) groups excluding carboxylic acids is 2. The van der Waals surface area contributed by atoms with Gasteiger partial charge in [0.2, 0.25) is 12.1 Å². The van der Waals surface area contributed by atoms with Crippen LogP contribution < -0.4 is 20.5 Å². The van der Waals surface area contributed by atoms with Gasteiger partial charge in [-0.2, -0.15) is 8.78 Å². The summed E-state index contributed by atoms with van der Waals surface area (Å²) >= 11 is 0. The summed E-state index contributed by atoms with van der Waals surface area (Å²) in [6.45, 7) is 1.74. The van der Waals surface area contributed by atoms with E-state index in [1.54, 1.807) is 4.90 Å². The number of amides is 2. The fraction of sp³-hybridized carbons (Fsp3) is 0.360. The largest absolute Gasteiger partial charge is 0.489 e. The molecule has 4 N–H and O–H groups in total. The molecule has 0 saturated carbocycles. The summed E-state index contributed by atoms with van der Waals surface area (Å²) in [6.07, 6.45) is 3.87. The van der Waals surface area contributed by atoms with Crippen molar-refractivity contribution < 1.29 is 33.0 Å². The Balaban J connectivity index is 1.88. The van der Waals surface area contributed by atoms with E-state index in [0.29, 0.717) is 30.7 Å². The quantitative estimate of drug-likeness (QED) is 0.222. The number of hydrogen-bond donors (Lipinski definition) is 3. The predicted octanol–water partition coefficient (Wildman–Crippen LogP) is 2.43. The molecular formula is C25H30F2N5O4+. The lowest BCUT2D eigenvalue weighted by Crippen LogP contribution is -2.43. The van der Waals surface area contributed by atoms with Gasteiger partial charge < -0.3 is 20.7 Å². The molecule has 1 aliphatic rings. The maximum absolute atomic E-state index is 12.9. The number of alkyl halides is 2. The first-order valence-corrected chi connectivity index (χ1v) is 11.5. The Labute approximate surface area is 207 Å². The van der Waals surface area contributed by atoms with Crippen LogP contribution >= 0.6 is 0 Å². The fourth-order valence-corrected chi connectivity index (χ4v) is 3.79. The normalized spacial score (nSPS) is 14.9. The fourth-order valence-electron chi connectivity index (χ4n) is 3.79. The number of likely N-dealkylation sites (tertiary alicyclic amines) is 1. The number of hydrogen-bond acceptors (Lipinski definition) is 6. The van der Waals surface area contributed by atoms with Gasteiger partial charge in [0.25, 0.3) is 0 Å². The number of pyridine rings is 1. The zero-order chi connectivity index (χ0) is 26.2. The van der Waals surface area contributed by atoms with E-state index in [4.69, 9.17) is 10.5 Å². The summed E-state index contributed by atoms with van der Waals surface area (Å²) in [7, 11) is 0. The Kier molecular flexibility index (Phi) is 8.93. The lowest BCUT2D eigenvalue weighted by molar-refractivity contribution is -0.906. The molecule has 192 valence electrons. The Morgan fingerprint density at radius 2 is 1.97 bits per heavy atom. The van der Waals surface area contributed by atoms with Crippen molar-refractivity contribution in [2.75, 3.05) is 13.1 Å². The minimum absolute atomic E-state index is 0.0285. The van der Waals surface area contributed by atoms with E-state index in [-0.39, 0.29) is 41.1 Å². The molecule has 2 heterocycles. The number of aromatic nitrogens is 1. The zero-order valence-corrected chi connectivity index (χ0v) is 20.2. The van der Waals surface area contributed by atoms with Crippen LogP contribution in [0.25, 0.3) is 5.57 Å². The van der Waals surface area contributed by atoms with Crippen molar-refractivity contribution in [2.45, 2.75) is 45.9 Å². The summed E-state index contributed by atoms with van der Waals surface area (Å²) in [5.41, 5.74) is 7.73. The monoisotopic (exact) mass is 502 g/mol. The van der Waals surface area contributed by atoms with E-state index in [1.807, 2.05) is 31.2 Å². The lowest BCUT2D eigenvalue weighted by Gasteiger charge is -2.31. The van der Waals surface area contributed by atoms with E-state index in [1.165, 1.54) is 13.0 Å². The molecule has 0 bridgehead atoms. The number of nitrogens with one attached hydrogen (secondary N) is 1. The summed E-state index contributed by atoms with van der Waals surface area (Å²) in [5, 5.41) is 13.3. The van der Waals surface area contributed by atoms with E-state index < -0.39 is 12.5 Å². The van der Waals surface area contributed by atoms with Crippen LogP contribution in [-0.4, -0.2) is 53.9 Å². The first kappa shape index (κ1) is 26.6. The number of ether oxygens (including phenoxy) is 1. The van der Waals surface area contributed by atoms with Gasteiger partial charge in [-0.05, 0) is 12.5 Å². The maximum Gasteiger partial charge on any atom is 0.331 e. The first-order chi connectivity index (χ1) is 17.2. The van der Waals surface area contributed by atoms with Crippen molar-refractivity contribution in [1.29, 1.82) is 0 Å². The highest BCUT2D eigenvalue weighted by molar-refractivity contribution is 6.10. The van der Waals surface area contributed by atoms with Gasteiger partial charge in [-0.15, -0.1) is 0 Å². The molecule has 1 aromatic heterocycles. The van der Waals surface area contributed by atoms with E-state index in [2.05, 4.69) is 10.3 Å². The van der Waals surface area contributed by atoms with Crippen molar-refractivity contribution in [1.82, 2.24) is 10.2 Å². The van der Waals surface area contributed by atoms with Crippen LogP contribution in [0.2, 0.25) is 0 Å². The van der Waals surface area contributed by atoms with Crippen molar-refractivity contribution in [3.63, 3.8) is 0 Å². The SMILES string of the molecule is CC(=O)N1CCC(Oc2cc(C(=O)NCc3ccc(C)cc3)[n+](O)cc2C(=C/N)/C=N/C(F)F)CC1. The third-order valence-corrected chi connectivity index (χ3v) is 5.84. The van der Waals surface area contributed by atoms with Crippen molar-refractivity contribution >= 4 is 23.6 Å².